The van der Waals surface area contributed by atoms with Crippen molar-refractivity contribution in [3.63, 3.8) is 0 Å². The molecule has 0 saturated heterocycles. The number of carbonyl (C=O) groups is 2. The van der Waals surface area contributed by atoms with Gasteiger partial charge in [0.1, 0.15) is 0 Å². The lowest BCUT2D eigenvalue weighted by molar-refractivity contribution is -0.131. The highest BCUT2D eigenvalue weighted by Crippen LogP contribution is 2.13. The van der Waals surface area contributed by atoms with E-state index in [4.69, 9.17) is 5.11 Å². The molecule has 21 heavy (non-hydrogen) atoms. The summed E-state index contributed by atoms with van der Waals surface area (Å²) >= 11 is 1.71. The lowest BCUT2D eigenvalue weighted by Gasteiger charge is -2.16. The third-order valence-corrected chi connectivity index (χ3v) is 3.87. The van der Waals surface area contributed by atoms with Crippen molar-refractivity contribution in [1.82, 2.24) is 5.32 Å². The van der Waals surface area contributed by atoms with Gasteiger partial charge in [0.15, 0.2) is 0 Å². The zero-order chi connectivity index (χ0) is 15.8. The normalized spacial score (nSPS) is 12.3. The number of carboxylic acids is 1. The maximum Gasteiger partial charge on any atom is 0.328 e. The summed E-state index contributed by atoms with van der Waals surface area (Å²) in [7, 11) is 0. The zero-order valence-corrected chi connectivity index (χ0v) is 13.4. The molecule has 1 rings (SSSR count). The van der Waals surface area contributed by atoms with Gasteiger partial charge in [0, 0.05) is 23.4 Å². The van der Waals surface area contributed by atoms with Gasteiger partial charge in [-0.25, -0.2) is 4.79 Å². The van der Waals surface area contributed by atoms with Crippen molar-refractivity contribution in [2.45, 2.75) is 26.3 Å². The third-order valence-electron chi connectivity index (χ3n) is 3.13. The first-order valence-electron chi connectivity index (χ1n) is 6.79. The summed E-state index contributed by atoms with van der Waals surface area (Å²) in [6, 6.07) is 5.43. The van der Waals surface area contributed by atoms with Crippen LogP contribution in [0.2, 0.25) is 0 Å². The molecule has 0 aliphatic rings. The topological polar surface area (TPSA) is 66.4 Å². The molecule has 0 aliphatic heterocycles. The number of aryl methyl sites for hydroxylation is 1. The first-order valence-corrected chi connectivity index (χ1v) is 8.18. The van der Waals surface area contributed by atoms with Crippen molar-refractivity contribution < 1.29 is 14.7 Å². The van der Waals surface area contributed by atoms with Gasteiger partial charge >= 0.3 is 5.97 Å². The lowest BCUT2D eigenvalue weighted by atomic mass is 10.0. The highest BCUT2D eigenvalue weighted by molar-refractivity contribution is 7.98. The summed E-state index contributed by atoms with van der Waals surface area (Å²) in [5.41, 5.74) is 2.27. The fraction of sp³-hybridized carbons (Fsp3) is 0.375. The van der Waals surface area contributed by atoms with Crippen LogP contribution in [-0.4, -0.2) is 35.0 Å². The molecule has 5 heteroatoms. The quantitative estimate of drug-likeness (QED) is 0.760. The maximum atomic E-state index is 12.2. The molecule has 0 heterocycles. The highest BCUT2D eigenvalue weighted by Gasteiger charge is 2.12. The van der Waals surface area contributed by atoms with Crippen LogP contribution in [0.3, 0.4) is 0 Å². The summed E-state index contributed by atoms with van der Waals surface area (Å²) in [4.78, 5) is 22.7. The largest absolute Gasteiger partial charge is 0.478 e. The molecule has 1 unspecified atom stereocenters. The van der Waals surface area contributed by atoms with Crippen LogP contribution in [0, 0.1) is 6.92 Å². The van der Waals surface area contributed by atoms with Gasteiger partial charge in [0.05, 0.1) is 0 Å². The van der Waals surface area contributed by atoms with E-state index in [-0.39, 0.29) is 11.9 Å². The number of nitrogens with one attached hydrogen (secondary N) is 1. The van der Waals surface area contributed by atoms with E-state index in [1.807, 2.05) is 20.1 Å². The number of hydrogen-bond donors (Lipinski definition) is 2. The average molecular weight is 307 g/mol. The van der Waals surface area contributed by atoms with Gasteiger partial charge in [0.25, 0.3) is 5.91 Å². The van der Waals surface area contributed by atoms with E-state index in [0.29, 0.717) is 5.56 Å². The Bertz CT molecular complexity index is 540. The Morgan fingerprint density at radius 1 is 1.43 bits per heavy atom. The number of amides is 1. The summed E-state index contributed by atoms with van der Waals surface area (Å²) in [5, 5.41) is 11.6. The summed E-state index contributed by atoms with van der Waals surface area (Å²) in [6.45, 7) is 3.91. The molecule has 1 atom stereocenters. The first kappa shape index (κ1) is 17.3. The Labute approximate surface area is 129 Å². The van der Waals surface area contributed by atoms with Crippen LogP contribution in [-0.2, 0) is 4.79 Å². The second kappa shape index (κ2) is 8.52. The van der Waals surface area contributed by atoms with Crippen LogP contribution < -0.4 is 5.32 Å². The molecule has 0 aromatic heterocycles. The fourth-order valence-electron chi connectivity index (χ4n) is 1.90. The van der Waals surface area contributed by atoms with Gasteiger partial charge < -0.3 is 10.4 Å². The van der Waals surface area contributed by atoms with Gasteiger partial charge in [-0.1, -0.05) is 13.0 Å². The Hall–Kier alpha value is -1.75. The number of carboxylic acid groups (broad SMARTS) is 1. The van der Waals surface area contributed by atoms with E-state index in [0.717, 1.165) is 29.4 Å². The maximum absolute atomic E-state index is 12.2. The van der Waals surface area contributed by atoms with Crippen molar-refractivity contribution in [2.24, 2.45) is 0 Å². The minimum Gasteiger partial charge on any atom is -0.478 e. The Morgan fingerprint density at radius 2 is 2.14 bits per heavy atom. The standard InChI is InChI=1S/C16H21NO3S/c1-4-14(10-21-3)17-16(20)13-6-5-12(11(2)9-13)7-8-15(18)19/h5-9,14H,4,10H2,1-3H3,(H,17,20)(H,18,19)/b8-7+. The minimum absolute atomic E-state index is 0.0900. The van der Waals surface area contributed by atoms with E-state index in [1.165, 1.54) is 6.08 Å². The van der Waals surface area contributed by atoms with Gasteiger partial charge in [-0.2, -0.15) is 11.8 Å². The Morgan fingerprint density at radius 3 is 2.67 bits per heavy atom. The fourth-order valence-corrected chi connectivity index (χ4v) is 2.62. The van der Waals surface area contributed by atoms with E-state index in [2.05, 4.69) is 5.32 Å². The number of aliphatic carboxylic acids is 1. The zero-order valence-electron chi connectivity index (χ0n) is 12.6. The molecule has 0 radical (unpaired) electrons. The number of thioether (sulfide) groups is 1. The molecule has 0 bridgehead atoms. The van der Waals surface area contributed by atoms with E-state index in [1.54, 1.807) is 30.0 Å². The highest BCUT2D eigenvalue weighted by atomic mass is 32.2. The third kappa shape index (κ3) is 5.63. The van der Waals surface area contributed by atoms with Gasteiger partial charge in [-0.3, -0.25) is 4.79 Å². The second-order valence-electron chi connectivity index (χ2n) is 4.78. The van der Waals surface area contributed by atoms with Crippen LogP contribution in [0.4, 0.5) is 0 Å². The van der Waals surface area contributed by atoms with E-state index in [9.17, 15) is 9.59 Å². The van der Waals surface area contributed by atoms with Crippen molar-refractivity contribution in [2.75, 3.05) is 12.0 Å². The molecule has 4 nitrogen and oxygen atoms in total. The Balaban J connectivity index is 2.83. The predicted molar refractivity (Wildman–Crippen MR) is 87.8 cm³/mol. The smallest absolute Gasteiger partial charge is 0.328 e. The molecular formula is C16H21NO3S. The van der Waals surface area contributed by atoms with Crippen LogP contribution in [0.1, 0.15) is 34.8 Å². The number of rotatable bonds is 7. The number of benzene rings is 1. The van der Waals surface area contributed by atoms with Crippen LogP contribution >= 0.6 is 11.8 Å². The molecular weight excluding hydrogens is 286 g/mol. The SMILES string of the molecule is CCC(CSC)NC(=O)c1ccc(/C=C/C(=O)O)c(C)c1. The second-order valence-corrected chi connectivity index (χ2v) is 5.69. The van der Waals surface area contributed by atoms with E-state index < -0.39 is 5.97 Å². The summed E-state index contributed by atoms with van der Waals surface area (Å²) in [5.74, 6) is -0.187. The van der Waals surface area contributed by atoms with Gasteiger partial charge in [-0.05, 0) is 48.9 Å². The molecule has 0 aliphatic carbocycles. The van der Waals surface area contributed by atoms with E-state index >= 15 is 0 Å². The van der Waals surface area contributed by atoms with Gasteiger partial charge in [0.2, 0.25) is 0 Å². The molecule has 0 saturated carbocycles. The monoisotopic (exact) mass is 307 g/mol. The lowest BCUT2D eigenvalue weighted by Crippen LogP contribution is -2.36. The first-order chi connectivity index (χ1) is 9.97. The van der Waals surface area contributed by atoms with Crippen LogP contribution in [0.25, 0.3) is 6.08 Å². The van der Waals surface area contributed by atoms with Crippen molar-refractivity contribution in [1.29, 1.82) is 0 Å². The molecule has 2 N–H and O–H groups in total. The van der Waals surface area contributed by atoms with Crippen LogP contribution in [0.15, 0.2) is 24.3 Å². The minimum atomic E-state index is -0.987. The van der Waals surface area contributed by atoms with Crippen molar-refractivity contribution >= 4 is 29.7 Å². The molecule has 0 spiro atoms. The molecule has 1 amide bonds. The Kier molecular flexibility index (Phi) is 7.02. The molecule has 114 valence electrons. The number of carbonyl (C=O) groups excluding carboxylic acids is 1. The van der Waals surface area contributed by atoms with Gasteiger partial charge in [-0.15, -0.1) is 0 Å². The van der Waals surface area contributed by atoms with Crippen molar-refractivity contribution in [3.05, 3.63) is 41.0 Å². The predicted octanol–water partition coefficient (Wildman–Crippen LogP) is 2.96. The van der Waals surface area contributed by atoms with Crippen molar-refractivity contribution in [3.8, 4) is 0 Å². The van der Waals surface area contributed by atoms with Crippen LogP contribution in [0.5, 0.6) is 0 Å². The molecule has 1 aromatic rings. The summed E-state index contributed by atoms with van der Waals surface area (Å²) < 4.78 is 0. The summed E-state index contributed by atoms with van der Waals surface area (Å²) in [6.07, 6.45) is 5.53. The number of hydrogen-bond acceptors (Lipinski definition) is 3. The molecule has 1 aromatic carbocycles. The average Bonchev–Trinajstić information content (AvgIpc) is 2.45. The molecule has 0 fully saturated rings.